The number of hydrogen-bond donors (Lipinski definition) is 0. The van der Waals surface area contributed by atoms with Crippen LogP contribution in [0.1, 0.15) is 25.0 Å². The molecule has 0 spiro atoms. The summed E-state index contributed by atoms with van der Waals surface area (Å²) in [6.07, 6.45) is 0. The lowest BCUT2D eigenvalue weighted by atomic mass is 9.79. The van der Waals surface area contributed by atoms with Crippen molar-refractivity contribution in [2.45, 2.75) is 19.3 Å². The van der Waals surface area contributed by atoms with Gasteiger partial charge in [-0.05, 0) is 54.6 Å². The highest BCUT2D eigenvalue weighted by Crippen LogP contribution is 2.53. The van der Waals surface area contributed by atoms with E-state index in [1.54, 1.807) is 0 Å². The van der Waals surface area contributed by atoms with Crippen LogP contribution in [0.3, 0.4) is 0 Å². The Balaban J connectivity index is 1.81. The Bertz CT molecular complexity index is 1390. The third-order valence-corrected chi connectivity index (χ3v) is 6.42. The fourth-order valence-electron chi connectivity index (χ4n) is 5.19. The fraction of sp³-hybridized carbons (Fsp3) is 0.111. The second-order valence-electron chi connectivity index (χ2n) is 8.20. The zero-order valence-electron chi connectivity index (χ0n) is 15.6. The lowest BCUT2D eigenvalue weighted by Crippen LogP contribution is -2.15. The standard InChI is InChI=1S/C27H20/c1-27(2)24-16-12-18-8-4-6-10-20(18)25(24)23-15-14-21-19-9-5-3-7-17(19)11-13-22(21)26(23)27/h3-16H,1-2H3. The molecule has 0 bridgehead atoms. The quantitative estimate of drug-likeness (QED) is 0.256. The van der Waals surface area contributed by atoms with Crippen molar-refractivity contribution in [1.82, 2.24) is 0 Å². The van der Waals surface area contributed by atoms with Gasteiger partial charge in [-0.25, -0.2) is 0 Å². The van der Waals surface area contributed by atoms with Crippen molar-refractivity contribution in [1.29, 1.82) is 0 Å². The lowest BCUT2D eigenvalue weighted by Gasteiger charge is -2.23. The van der Waals surface area contributed by atoms with Crippen molar-refractivity contribution >= 4 is 32.3 Å². The van der Waals surface area contributed by atoms with Crippen LogP contribution < -0.4 is 0 Å². The molecule has 1 aliphatic carbocycles. The molecule has 0 atom stereocenters. The minimum Gasteiger partial charge on any atom is -0.0616 e. The molecule has 27 heavy (non-hydrogen) atoms. The molecule has 0 N–H and O–H groups in total. The number of rotatable bonds is 0. The highest BCUT2D eigenvalue weighted by atomic mass is 14.4. The summed E-state index contributed by atoms with van der Waals surface area (Å²) in [5, 5.41) is 8.08. The summed E-state index contributed by atoms with van der Waals surface area (Å²) in [5.74, 6) is 0. The van der Waals surface area contributed by atoms with Gasteiger partial charge in [-0.15, -0.1) is 0 Å². The number of hydrogen-bond acceptors (Lipinski definition) is 0. The number of fused-ring (bicyclic) bond motifs is 9. The third-order valence-electron chi connectivity index (χ3n) is 6.42. The van der Waals surface area contributed by atoms with Gasteiger partial charge in [-0.3, -0.25) is 0 Å². The van der Waals surface area contributed by atoms with E-state index < -0.39 is 0 Å². The van der Waals surface area contributed by atoms with Crippen molar-refractivity contribution in [3.8, 4) is 11.1 Å². The van der Waals surface area contributed by atoms with Crippen LogP contribution in [-0.2, 0) is 5.41 Å². The molecule has 0 saturated carbocycles. The zero-order valence-corrected chi connectivity index (χ0v) is 15.6. The van der Waals surface area contributed by atoms with E-state index in [4.69, 9.17) is 0 Å². The van der Waals surface area contributed by atoms with Crippen LogP contribution in [-0.4, -0.2) is 0 Å². The summed E-state index contributed by atoms with van der Waals surface area (Å²) >= 11 is 0. The van der Waals surface area contributed by atoms with Gasteiger partial charge in [0.2, 0.25) is 0 Å². The van der Waals surface area contributed by atoms with E-state index in [0.717, 1.165) is 0 Å². The number of benzene rings is 5. The van der Waals surface area contributed by atoms with E-state index in [0.29, 0.717) is 0 Å². The maximum Gasteiger partial charge on any atom is 0.0165 e. The largest absolute Gasteiger partial charge is 0.0616 e. The molecule has 0 aromatic heterocycles. The second-order valence-corrected chi connectivity index (χ2v) is 8.20. The molecule has 0 fully saturated rings. The highest BCUT2D eigenvalue weighted by Gasteiger charge is 2.37. The predicted octanol–water partition coefficient (Wildman–Crippen LogP) is 7.45. The molecule has 6 rings (SSSR count). The van der Waals surface area contributed by atoms with Crippen molar-refractivity contribution in [3.05, 3.63) is 96.1 Å². The summed E-state index contributed by atoms with van der Waals surface area (Å²) in [6.45, 7) is 4.75. The molecule has 0 aliphatic heterocycles. The molecule has 128 valence electrons. The third kappa shape index (κ3) is 1.83. The van der Waals surface area contributed by atoms with E-state index in [1.807, 2.05) is 0 Å². The van der Waals surface area contributed by atoms with Gasteiger partial charge in [-0.1, -0.05) is 98.8 Å². The van der Waals surface area contributed by atoms with Crippen LogP contribution in [0, 0.1) is 0 Å². The van der Waals surface area contributed by atoms with Gasteiger partial charge in [0.05, 0.1) is 0 Å². The minimum absolute atomic E-state index is 0.00331. The average molecular weight is 344 g/mol. The molecule has 0 nitrogen and oxygen atoms in total. The topological polar surface area (TPSA) is 0 Å². The smallest absolute Gasteiger partial charge is 0.0165 e. The van der Waals surface area contributed by atoms with Crippen LogP contribution in [0.2, 0.25) is 0 Å². The summed E-state index contributed by atoms with van der Waals surface area (Å²) < 4.78 is 0. The molecular formula is C27H20. The fourth-order valence-corrected chi connectivity index (χ4v) is 5.19. The second kappa shape index (κ2) is 4.98. The normalized spacial score (nSPS) is 14.6. The average Bonchev–Trinajstić information content (AvgIpc) is 2.95. The molecular weight excluding hydrogens is 324 g/mol. The van der Waals surface area contributed by atoms with Crippen molar-refractivity contribution < 1.29 is 0 Å². The van der Waals surface area contributed by atoms with E-state index >= 15 is 0 Å². The Morgan fingerprint density at radius 3 is 1.96 bits per heavy atom. The van der Waals surface area contributed by atoms with Gasteiger partial charge in [-0.2, -0.15) is 0 Å². The highest BCUT2D eigenvalue weighted by molar-refractivity contribution is 6.13. The molecule has 5 aromatic carbocycles. The van der Waals surface area contributed by atoms with E-state index in [2.05, 4.69) is 98.8 Å². The summed E-state index contributed by atoms with van der Waals surface area (Å²) in [6, 6.07) is 31.4. The Kier molecular flexibility index (Phi) is 2.77. The molecule has 0 heteroatoms. The molecule has 1 aliphatic rings. The van der Waals surface area contributed by atoms with Crippen molar-refractivity contribution in [2.24, 2.45) is 0 Å². The molecule has 5 aromatic rings. The van der Waals surface area contributed by atoms with Gasteiger partial charge < -0.3 is 0 Å². The first-order chi connectivity index (χ1) is 13.2. The van der Waals surface area contributed by atoms with Crippen LogP contribution in [0.5, 0.6) is 0 Å². The van der Waals surface area contributed by atoms with Crippen LogP contribution in [0.25, 0.3) is 43.4 Å². The lowest BCUT2D eigenvalue weighted by molar-refractivity contribution is 0.667. The SMILES string of the molecule is CC1(C)c2ccc3ccccc3c2-c2ccc3c(ccc4ccccc43)c21. The van der Waals surface area contributed by atoms with Crippen molar-refractivity contribution in [2.75, 3.05) is 0 Å². The van der Waals surface area contributed by atoms with Crippen molar-refractivity contribution in [3.63, 3.8) is 0 Å². The summed E-state index contributed by atoms with van der Waals surface area (Å²) in [4.78, 5) is 0. The molecule has 0 unspecified atom stereocenters. The Hall–Kier alpha value is -3.12. The summed E-state index contributed by atoms with van der Waals surface area (Å²) in [5.41, 5.74) is 5.73. The Morgan fingerprint density at radius 2 is 1.15 bits per heavy atom. The Labute approximate surface area is 159 Å². The van der Waals surface area contributed by atoms with E-state index in [9.17, 15) is 0 Å². The molecule has 0 heterocycles. The van der Waals surface area contributed by atoms with Gasteiger partial charge >= 0.3 is 0 Å². The first-order valence-electron chi connectivity index (χ1n) is 9.64. The first kappa shape index (κ1) is 15.0. The van der Waals surface area contributed by atoms with Crippen LogP contribution in [0.15, 0.2) is 84.9 Å². The monoisotopic (exact) mass is 344 g/mol. The predicted molar refractivity (Wildman–Crippen MR) is 117 cm³/mol. The molecule has 0 radical (unpaired) electrons. The zero-order chi connectivity index (χ0) is 18.2. The van der Waals surface area contributed by atoms with E-state index in [-0.39, 0.29) is 5.41 Å². The molecule has 0 amide bonds. The van der Waals surface area contributed by atoms with Crippen LogP contribution >= 0.6 is 0 Å². The maximum absolute atomic E-state index is 2.38. The summed E-state index contributed by atoms with van der Waals surface area (Å²) in [7, 11) is 0. The Morgan fingerprint density at radius 1 is 0.519 bits per heavy atom. The molecule has 0 saturated heterocycles. The van der Waals surface area contributed by atoms with Gasteiger partial charge in [0.25, 0.3) is 0 Å². The van der Waals surface area contributed by atoms with E-state index in [1.165, 1.54) is 54.6 Å². The van der Waals surface area contributed by atoms with Gasteiger partial charge in [0, 0.05) is 5.41 Å². The minimum atomic E-state index is -0.00331. The first-order valence-corrected chi connectivity index (χ1v) is 9.64. The van der Waals surface area contributed by atoms with Crippen LogP contribution in [0.4, 0.5) is 0 Å². The van der Waals surface area contributed by atoms with Gasteiger partial charge in [0.1, 0.15) is 0 Å². The maximum atomic E-state index is 2.38. The van der Waals surface area contributed by atoms with Gasteiger partial charge in [0.15, 0.2) is 0 Å².